The number of Topliss-reactive ketones (excluding diaryl/α,β-unsaturated/α-hetero) is 1. The second-order valence-electron chi connectivity index (χ2n) is 4.61. The molecule has 2 aromatic carbocycles. The lowest BCUT2D eigenvalue weighted by atomic mass is 10.1. The first kappa shape index (κ1) is 14.8. The van der Waals surface area contributed by atoms with E-state index in [9.17, 15) is 18.4 Å². The van der Waals surface area contributed by atoms with Crippen LogP contribution in [0.2, 0.25) is 0 Å². The van der Waals surface area contributed by atoms with E-state index >= 15 is 0 Å². The molecular weight excluding hydrogens is 276 g/mol. The first-order valence-corrected chi connectivity index (χ1v) is 6.27. The molecule has 1 amide bonds. The van der Waals surface area contributed by atoms with E-state index in [0.717, 1.165) is 6.07 Å². The molecule has 2 rings (SSSR count). The van der Waals surface area contributed by atoms with Gasteiger partial charge in [-0.1, -0.05) is 18.2 Å². The summed E-state index contributed by atoms with van der Waals surface area (Å²) < 4.78 is 27.6. The molecule has 1 N–H and O–H groups in total. The number of carbonyl (C=O) groups excluding carboxylic acids is 2. The van der Waals surface area contributed by atoms with Gasteiger partial charge < -0.3 is 5.32 Å². The number of para-hydroxylation sites is 1. The summed E-state index contributed by atoms with van der Waals surface area (Å²) in [6, 6.07) is 8.57. The zero-order valence-electron chi connectivity index (χ0n) is 11.5. The quantitative estimate of drug-likeness (QED) is 0.875. The molecule has 0 radical (unpaired) electrons. The Morgan fingerprint density at radius 3 is 2.38 bits per heavy atom. The number of carbonyl (C=O) groups is 2. The van der Waals surface area contributed by atoms with Gasteiger partial charge in [-0.25, -0.2) is 8.78 Å². The first-order valence-electron chi connectivity index (χ1n) is 6.27. The van der Waals surface area contributed by atoms with Crippen molar-refractivity contribution in [2.45, 2.75) is 13.8 Å². The van der Waals surface area contributed by atoms with Gasteiger partial charge in [0.15, 0.2) is 5.78 Å². The summed E-state index contributed by atoms with van der Waals surface area (Å²) in [5.74, 6) is -3.04. The van der Waals surface area contributed by atoms with Gasteiger partial charge in [-0.05, 0) is 37.6 Å². The number of aryl methyl sites for hydroxylation is 1. The Kier molecular flexibility index (Phi) is 4.12. The predicted octanol–water partition coefficient (Wildman–Crippen LogP) is 3.73. The van der Waals surface area contributed by atoms with E-state index in [0.29, 0.717) is 0 Å². The Bertz CT molecular complexity index is 726. The standard InChI is InChI=1S/C16H13F2NO2/c1-9-7-8-12(17)14(15(9)18)16(21)19-13-6-4-3-5-11(13)10(2)20/h3-8H,1-2H3,(H,19,21). The van der Waals surface area contributed by atoms with Crippen LogP contribution < -0.4 is 5.32 Å². The van der Waals surface area contributed by atoms with E-state index in [-0.39, 0.29) is 22.6 Å². The fourth-order valence-electron chi connectivity index (χ4n) is 1.95. The molecule has 0 aliphatic heterocycles. The minimum Gasteiger partial charge on any atom is -0.321 e. The number of anilines is 1. The molecule has 0 saturated carbocycles. The maximum Gasteiger partial charge on any atom is 0.261 e. The van der Waals surface area contributed by atoms with Crippen molar-refractivity contribution in [2.24, 2.45) is 0 Å². The van der Waals surface area contributed by atoms with Crippen LogP contribution in [0.1, 0.15) is 33.2 Å². The molecule has 0 unspecified atom stereocenters. The van der Waals surface area contributed by atoms with E-state index in [1.807, 2.05) is 0 Å². The Morgan fingerprint density at radius 1 is 1.05 bits per heavy atom. The molecule has 108 valence electrons. The van der Waals surface area contributed by atoms with Crippen molar-refractivity contribution in [1.29, 1.82) is 0 Å². The Morgan fingerprint density at radius 2 is 1.71 bits per heavy atom. The summed E-state index contributed by atoms with van der Waals surface area (Å²) in [6.07, 6.45) is 0. The lowest BCUT2D eigenvalue weighted by Crippen LogP contribution is -2.18. The van der Waals surface area contributed by atoms with Gasteiger partial charge in [-0.3, -0.25) is 9.59 Å². The molecule has 0 spiro atoms. The number of ketones is 1. The average Bonchev–Trinajstić information content (AvgIpc) is 2.43. The van der Waals surface area contributed by atoms with Gasteiger partial charge in [0.05, 0.1) is 5.69 Å². The summed E-state index contributed by atoms with van der Waals surface area (Å²) >= 11 is 0. The lowest BCUT2D eigenvalue weighted by molar-refractivity contribution is 0.101. The highest BCUT2D eigenvalue weighted by molar-refractivity contribution is 6.09. The third-order valence-corrected chi connectivity index (χ3v) is 3.07. The van der Waals surface area contributed by atoms with Crippen LogP contribution in [0.5, 0.6) is 0 Å². The summed E-state index contributed by atoms with van der Waals surface area (Å²) in [5, 5.41) is 2.38. The van der Waals surface area contributed by atoms with E-state index < -0.39 is 23.1 Å². The molecule has 2 aromatic rings. The van der Waals surface area contributed by atoms with Crippen LogP contribution in [-0.2, 0) is 0 Å². The summed E-state index contributed by atoms with van der Waals surface area (Å²) in [5.41, 5.74) is 0.00406. The van der Waals surface area contributed by atoms with Gasteiger partial charge in [-0.2, -0.15) is 0 Å². The average molecular weight is 289 g/mol. The summed E-state index contributed by atoms with van der Waals surface area (Å²) in [4.78, 5) is 23.6. The second-order valence-corrected chi connectivity index (χ2v) is 4.61. The van der Waals surface area contributed by atoms with Gasteiger partial charge >= 0.3 is 0 Å². The molecule has 3 nitrogen and oxygen atoms in total. The van der Waals surface area contributed by atoms with Crippen molar-refractivity contribution in [2.75, 3.05) is 5.32 Å². The second kappa shape index (κ2) is 5.83. The highest BCUT2D eigenvalue weighted by Gasteiger charge is 2.20. The van der Waals surface area contributed by atoms with E-state index in [1.165, 1.54) is 32.0 Å². The van der Waals surface area contributed by atoms with Crippen molar-refractivity contribution in [3.8, 4) is 0 Å². The van der Waals surface area contributed by atoms with Crippen LogP contribution in [0, 0.1) is 18.6 Å². The Labute approximate surface area is 120 Å². The Hall–Kier alpha value is -2.56. The van der Waals surface area contributed by atoms with Gasteiger partial charge in [0, 0.05) is 5.56 Å². The van der Waals surface area contributed by atoms with Crippen LogP contribution in [-0.4, -0.2) is 11.7 Å². The highest BCUT2D eigenvalue weighted by Crippen LogP contribution is 2.20. The first-order chi connectivity index (χ1) is 9.91. The third-order valence-electron chi connectivity index (χ3n) is 3.07. The fourth-order valence-corrected chi connectivity index (χ4v) is 1.95. The van der Waals surface area contributed by atoms with E-state index in [1.54, 1.807) is 12.1 Å². The molecule has 0 fully saturated rings. The van der Waals surface area contributed by atoms with Crippen LogP contribution in [0.25, 0.3) is 0 Å². The number of benzene rings is 2. The smallest absolute Gasteiger partial charge is 0.261 e. The van der Waals surface area contributed by atoms with Crippen LogP contribution in [0.4, 0.5) is 14.5 Å². The summed E-state index contributed by atoms with van der Waals surface area (Å²) in [7, 11) is 0. The zero-order chi connectivity index (χ0) is 15.6. The number of rotatable bonds is 3. The molecule has 0 bridgehead atoms. The molecule has 0 aliphatic rings. The highest BCUT2D eigenvalue weighted by atomic mass is 19.1. The van der Waals surface area contributed by atoms with Gasteiger partial charge in [0.1, 0.15) is 17.2 Å². The normalized spacial score (nSPS) is 10.3. The van der Waals surface area contributed by atoms with E-state index in [4.69, 9.17) is 0 Å². The van der Waals surface area contributed by atoms with Crippen LogP contribution in [0.15, 0.2) is 36.4 Å². The maximum atomic E-state index is 13.9. The lowest BCUT2D eigenvalue weighted by Gasteiger charge is -2.11. The minimum atomic E-state index is -0.948. The molecule has 0 aromatic heterocycles. The van der Waals surface area contributed by atoms with E-state index in [2.05, 4.69) is 5.32 Å². The number of hydrogen-bond donors (Lipinski definition) is 1. The van der Waals surface area contributed by atoms with Gasteiger partial charge in [0.25, 0.3) is 5.91 Å². The Balaban J connectivity index is 2.40. The minimum absolute atomic E-state index is 0.168. The topological polar surface area (TPSA) is 46.2 Å². The number of amides is 1. The monoisotopic (exact) mass is 289 g/mol. The van der Waals surface area contributed by atoms with Crippen LogP contribution >= 0.6 is 0 Å². The number of hydrogen-bond acceptors (Lipinski definition) is 2. The molecule has 0 saturated heterocycles. The predicted molar refractivity (Wildman–Crippen MR) is 75.5 cm³/mol. The van der Waals surface area contributed by atoms with Crippen molar-refractivity contribution >= 4 is 17.4 Å². The molecule has 0 heterocycles. The molecular formula is C16H13F2NO2. The fraction of sp³-hybridized carbons (Fsp3) is 0.125. The van der Waals surface area contributed by atoms with Crippen molar-refractivity contribution in [3.05, 3.63) is 64.7 Å². The number of nitrogens with one attached hydrogen (secondary N) is 1. The van der Waals surface area contributed by atoms with Gasteiger partial charge in [0.2, 0.25) is 0 Å². The molecule has 0 atom stereocenters. The zero-order valence-corrected chi connectivity index (χ0v) is 11.5. The molecule has 0 aliphatic carbocycles. The van der Waals surface area contributed by atoms with Crippen molar-refractivity contribution in [1.82, 2.24) is 0 Å². The van der Waals surface area contributed by atoms with Gasteiger partial charge in [-0.15, -0.1) is 0 Å². The summed E-state index contributed by atoms with van der Waals surface area (Å²) in [6.45, 7) is 2.79. The largest absolute Gasteiger partial charge is 0.321 e. The third kappa shape index (κ3) is 2.97. The SMILES string of the molecule is CC(=O)c1ccccc1NC(=O)c1c(F)ccc(C)c1F. The molecule has 21 heavy (non-hydrogen) atoms. The number of halogens is 2. The maximum absolute atomic E-state index is 13.9. The van der Waals surface area contributed by atoms with Crippen LogP contribution in [0.3, 0.4) is 0 Å². The van der Waals surface area contributed by atoms with Crippen molar-refractivity contribution in [3.63, 3.8) is 0 Å². The molecule has 5 heteroatoms. The van der Waals surface area contributed by atoms with Crippen molar-refractivity contribution < 1.29 is 18.4 Å².